The molecule has 1 unspecified atom stereocenters. The van der Waals surface area contributed by atoms with Crippen molar-refractivity contribution in [2.45, 2.75) is 63.4 Å². The van der Waals surface area contributed by atoms with Crippen LogP contribution in [0.15, 0.2) is 59.7 Å². The fourth-order valence-corrected chi connectivity index (χ4v) is 6.02. The Kier molecular flexibility index (Phi) is 8.96. The minimum Gasteiger partial charge on any atom is -0.378 e. The summed E-state index contributed by atoms with van der Waals surface area (Å²) in [5.74, 6) is -1.33. The molecule has 0 fully saturated rings. The molecule has 0 saturated heterocycles. The van der Waals surface area contributed by atoms with Crippen LogP contribution >= 0.6 is 0 Å². The number of halogens is 7. The summed E-state index contributed by atoms with van der Waals surface area (Å²) >= 11 is 0. The van der Waals surface area contributed by atoms with Crippen molar-refractivity contribution in [2.75, 3.05) is 0 Å². The quantitative estimate of drug-likeness (QED) is 0.146. The van der Waals surface area contributed by atoms with Crippen LogP contribution in [0.5, 0.6) is 0 Å². The Morgan fingerprint density at radius 3 is 2.51 bits per heavy atom. The van der Waals surface area contributed by atoms with E-state index < -0.39 is 83.2 Å². The fraction of sp³-hybridized carbons (Fsp3) is 0.286. The van der Waals surface area contributed by atoms with Crippen LogP contribution in [0.25, 0.3) is 22.0 Å². The number of alkyl halides is 5. The van der Waals surface area contributed by atoms with Crippen LogP contribution in [0.3, 0.4) is 0 Å². The third kappa shape index (κ3) is 7.48. The van der Waals surface area contributed by atoms with Crippen molar-refractivity contribution in [3.8, 4) is 23.0 Å². The molecule has 0 bridgehead atoms. The maximum atomic E-state index is 14.8. The Morgan fingerprint density at radius 2 is 1.82 bits per heavy atom. The molecule has 0 aliphatic heterocycles. The Labute approximate surface area is 284 Å². The summed E-state index contributed by atoms with van der Waals surface area (Å²) in [4.78, 5) is 37.6. The van der Waals surface area contributed by atoms with Crippen LogP contribution in [0.2, 0.25) is 0 Å². The normalized spacial score (nSPS) is 14.5. The molecule has 1 atom stereocenters. The number of nitrogens with one attached hydrogen (secondary N) is 2. The number of pyridine rings is 1. The zero-order valence-electron chi connectivity index (χ0n) is 26.8. The Balaban J connectivity index is 1.50. The molecule has 5 aromatic rings. The van der Waals surface area contributed by atoms with Crippen LogP contribution in [0.4, 0.5) is 30.7 Å². The minimum absolute atomic E-state index is 0.0113. The second-order valence-electron chi connectivity index (χ2n) is 12.5. The molecular weight excluding hydrogens is 685 g/mol. The largest absolute Gasteiger partial charge is 0.435 e. The number of aromatic amines is 1. The van der Waals surface area contributed by atoms with E-state index in [4.69, 9.17) is 0 Å². The monoisotopic (exact) mass is 712 g/mol. The SMILES string of the molecule is CC(C)(O)C#Cc1ccc(-c2cccc3c(=O)[nH]cnc23)c(C(Cc2cc(F)cc(F)c2)NC(=O)Cn2nc(C(F)(F)F)c3c2C(F)(F)CC3)n1. The Bertz CT molecular complexity index is 2280. The van der Waals surface area contributed by atoms with Crippen LogP contribution < -0.4 is 10.9 Å². The molecule has 1 aliphatic rings. The van der Waals surface area contributed by atoms with Gasteiger partial charge in [-0.05, 0) is 68.5 Å². The molecule has 1 aliphatic carbocycles. The Hall–Kier alpha value is -5.56. The lowest BCUT2D eigenvalue weighted by Gasteiger charge is -2.23. The van der Waals surface area contributed by atoms with Crippen molar-refractivity contribution in [3.05, 3.63) is 111 Å². The highest BCUT2D eigenvalue weighted by Gasteiger charge is 2.50. The van der Waals surface area contributed by atoms with E-state index in [1.54, 1.807) is 12.1 Å². The van der Waals surface area contributed by atoms with Gasteiger partial charge in [-0.15, -0.1) is 0 Å². The number of para-hydroxylation sites is 1. The predicted octanol–water partition coefficient (Wildman–Crippen LogP) is 5.74. The summed E-state index contributed by atoms with van der Waals surface area (Å²) in [6, 6.07) is 8.99. The molecule has 1 amide bonds. The zero-order chi connectivity index (χ0) is 36.9. The molecule has 0 radical (unpaired) electrons. The molecule has 0 saturated carbocycles. The topological polar surface area (TPSA) is 126 Å². The summed E-state index contributed by atoms with van der Waals surface area (Å²) in [7, 11) is 0. The number of fused-ring (bicyclic) bond motifs is 2. The van der Waals surface area contributed by atoms with Crippen molar-refractivity contribution < 1.29 is 40.6 Å². The molecule has 3 N–H and O–H groups in total. The number of hydrogen-bond acceptors (Lipinski definition) is 6. The maximum absolute atomic E-state index is 14.8. The molecule has 264 valence electrons. The summed E-state index contributed by atoms with van der Waals surface area (Å²) in [5.41, 5.74) is -4.23. The van der Waals surface area contributed by atoms with Gasteiger partial charge in [0.05, 0.1) is 29.0 Å². The van der Waals surface area contributed by atoms with Gasteiger partial charge in [-0.2, -0.15) is 27.1 Å². The van der Waals surface area contributed by atoms with Crippen LogP contribution in [0, 0.1) is 23.5 Å². The first-order valence-electron chi connectivity index (χ1n) is 15.4. The van der Waals surface area contributed by atoms with Gasteiger partial charge in [-0.25, -0.2) is 18.7 Å². The average Bonchev–Trinajstić information content (AvgIpc) is 3.56. The lowest BCUT2D eigenvalue weighted by molar-refractivity contribution is -0.142. The first-order chi connectivity index (χ1) is 23.9. The van der Waals surface area contributed by atoms with Gasteiger partial charge in [0.1, 0.15) is 35.2 Å². The third-order valence-electron chi connectivity index (χ3n) is 8.06. The maximum Gasteiger partial charge on any atom is 0.435 e. The number of aliphatic hydroxyl groups is 1. The summed E-state index contributed by atoms with van der Waals surface area (Å²) in [6.07, 6.45) is -5.74. The lowest BCUT2D eigenvalue weighted by atomic mass is 9.93. The summed E-state index contributed by atoms with van der Waals surface area (Å²) in [5, 5.41) is 16.3. The molecule has 6 rings (SSSR count). The number of amides is 1. The number of benzene rings is 2. The number of aromatic nitrogens is 5. The van der Waals surface area contributed by atoms with Gasteiger partial charge in [-0.3, -0.25) is 14.3 Å². The molecular formula is C35H27F7N6O3. The lowest BCUT2D eigenvalue weighted by Crippen LogP contribution is -2.35. The molecule has 2 aromatic carbocycles. The highest BCUT2D eigenvalue weighted by atomic mass is 19.4. The second kappa shape index (κ2) is 13.0. The predicted molar refractivity (Wildman–Crippen MR) is 169 cm³/mol. The number of H-pyrrole nitrogens is 1. The van der Waals surface area contributed by atoms with Crippen molar-refractivity contribution in [3.63, 3.8) is 0 Å². The van der Waals surface area contributed by atoms with E-state index >= 15 is 0 Å². The van der Waals surface area contributed by atoms with Gasteiger partial charge in [0.15, 0.2) is 5.69 Å². The molecule has 9 nitrogen and oxygen atoms in total. The van der Waals surface area contributed by atoms with Gasteiger partial charge >= 0.3 is 6.18 Å². The first-order valence-corrected chi connectivity index (χ1v) is 15.4. The molecule has 51 heavy (non-hydrogen) atoms. The van der Waals surface area contributed by atoms with Gasteiger partial charge < -0.3 is 15.4 Å². The smallest absolute Gasteiger partial charge is 0.378 e. The highest BCUT2D eigenvalue weighted by Crippen LogP contribution is 2.46. The first kappa shape index (κ1) is 35.3. The summed E-state index contributed by atoms with van der Waals surface area (Å²) in [6.45, 7) is 1.78. The van der Waals surface area contributed by atoms with Gasteiger partial charge in [0, 0.05) is 29.2 Å². The molecule has 3 aromatic heterocycles. The van der Waals surface area contributed by atoms with Gasteiger partial charge in [0.2, 0.25) is 5.91 Å². The van der Waals surface area contributed by atoms with Crippen molar-refractivity contribution >= 4 is 16.8 Å². The zero-order valence-corrected chi connectivity index (χ0v) is 26.8. The van der Waals surface area contributed by atoms with Gasteiger partial charge in [0.25, 0.3) is 11.5 Å². The van der Waals surface area contributed by atoms with E-state index in [1.165, 1.54) is 38.4 Å². The van der Waals surface area contributed by atoms with E-state index in [0.29, 0.717) is 16.3 Å². The van der Waals surface area contributed by atoms with Gasteiger partial charge in [-0.1, -0.05) is 18.1 Å². The molecule has 0 spiro atoms. The fourth-order valence-electron chi connectivity index (χ4n) is 6.02. The van der Waals surface area contributed by atoms with Crippen molar-refractivity contribution in [2.24, 2.45) is 0 Å². The van der Waals surface area contributed by atoms with Crippen LogP contribution in [-0.2, 0) is 36.3 Å². The highest BCUT2D eigenvalue weighted by molar-refractivity contribution is 5.93. The minimum atomic E-state index is -5.06. The number of carbonyl (C=O) groups excluding carboxylic acids is 1. The number of rotatable bonds is 7. The van der Waals surface area contributed by atoms with E-state index in [0.717, 1.165) is 12.1 Å². The Morgan fingerprint density at radius 1 is 1.10 bits per heavy atom. The second-order valence-corrected chi connectivity index (χ2v) is 12.5. The standard InChI is InChI=1S/C35H27F7N6O3/c1-33(2,51)10-8-21-6-7-23(22-4-3-5-24-28(22)43-17-44-32(24)50)29(45-21)26(14-18-12-19(36)15-20(37)13-18)46-27(49)16-48-31-25(9-11-34(31,38)39)30(47-48)35(40,41)42/h3-7,12-13,15,17,26,51H,9,11,14,16H2,1-2H3,(H,46,49)(H,43,44,50). The van der Waals surface area contributed by atoms with E-state index in [9.17, 15) is 45.4 Å². The van der Waals surface area contributed by atoms with E-state index in [2.05, 4.69) is 37.2 Å². The van der Waals surface area contributed by atoms with Crippen LogP contribution in [-0.4, -0.2) is 41.3 Å². The third-order valence-corrected chi connectivity index (χ3v) is 8.06. The van der Waals surface area contributed by atoms with Crippen molar-refractivity contribution in [1.82, 2.24) is 30.0 Å². The number of hydrogen-bond donors (Lipinski definition) is 3. The van der Waals surface area contributed by atoms with Crippen molar-refractivity contribution in [1.29, 1.82) is 0 Å². The number of carbonyl (C=O) groups is 1. The summed E-state index contributed by atoms with van der Waals surface area (Å²) < 4.78 is 100.0. The number of nitrogens with zero attached hydrogens (tertiary/aromatic N) is 4. The molecule has 3 heterocycles. The molecule has 16 heteroatoms. The average molecular weight is 713 g/mol. The van der Waals surface area contributed by atoms with Crippen LogP contribution in [0.1, 0.15) is 60.2 Å². The van der Waals surface area contributed by atoms with E-state index in [1.807, 2.05) is 0 Å². The van der Waals surface area contributed by atoms with E-state index in [-0.39, 0.29) is 39.8 Å².